The average molecular weight is 591 g/mol. The Bertz CT molecular complexity index is 811. The van der Waals surface area contributed by atoms with Crippen molar-refractivity contribution in [1.29, 1.82) is 0 Å². The minimum Gasteiger partial charge on any atom is -0.444 e. The van der Waals surface area contributed by atoms with Gasteiger partial charge in [0.2, 0.25) is 0 Å². The molecule has 4 saturated heterocycles. The normalized spacial score (nSPS) is 27.7. The van der Waals surface area contributed by atoms with Crippen LogP contribution in [0.15, 0.2) is 0 Å². The van der Waals surface area contributed by atoms with E-state index in [1.165, 1.54) is 0 Å². The average Bonchev–Trinajstić information content (AvgIpc) is 2.88. The van der Waals surface area contributed by atoms with Crippen LogP contribution < -0.4 is 5.32 Å². The molecule has 5 amide bonds. The Morgan fingerprint density at radius 2 is 1.05 bits per heavy atom. The summed E-state index contributed by atoms with van der Waals surface area (Å²) in [7, 11) is 0. The lowest BCUT2D eigenvalue weighted by atomic mass is 10.1. The molecule has 0 aliphatic carbocycles. The maximum absolute atomic E-state index is 12.7. The molecule has 4 atom stereocenters. The van der Waals surface area contributed by atoms with Crippen LogP contribution in [0.1, 0.15) is 48.5 Å². The van der Waals surface area contributed by atoms with E-state index in [1.54, 1.807) is 4.90 Å². The maximum Gasteiger partial charge on any atom is 0.410 e. The van der Waals surface area contributed by atoms with Crippen LogP contribution in [-0.4, -0.2) is 151 Å². The Morgan fingerprint density at radius 3 is 1.43 bits per heavy atom. The summed E-state index contributed by atoms with van der Waals surface area (Å²) in [5, 5.41) is 3.33. The van der Waals surface area contributed by atoms with E-state index in [0.717, 1.165) is 26.2 Å². The number of carbonyl (C=O) groups excluding carboxylic acids is 3. The number of nitrogens with zero attached hydrogens (tertiary/aromatic N) is 5. The first-order valence-electron chi connectivity index (χ1n) is 14.4. The van der Waals surface area contributed by atoms with Crippen LogP contribution in [0.2, 0.25) is 0 Å². The third-order valence-electron chi connectivity index (χ3n) is 7.40. The van der Waals surface area contributed by atoms with Gasteiger partial charge >= 0.3 is 18.2 Å². The Hall–Kier alpha value is -2.02. The molecule has 0 aromatic heterocycles. The van der Waals surface area contributed by atoms with Gasteiger partial charge in [0.25, 0.3) is 0 Å². The highest BCUT2D eigenvalue weighted by molar-refractivity contribution is 5.85. The molecule has 0 spiro atoms. The van der Waals surface area contributed by atoms with Crippen molar-refractivity contribution in [3.05, 3.63) is 0 Å². The molecule has 12 nitrogen and oxygen atoms in total. The lowest BCUT2D eigenvalue weighted by Gasteiger charge is -2.46. The van der Waals surface area contributed by atoms with E-state index in [9.17, 15) is 14.4 Å². The molecule has 4 fully saturated rings. The quantitative estimate of drug-likeness (QED) is 0.461. The molecule has 0 aromatic carbocycles. The molecule has 0 radical (unpaired) electrons. The van der Waals surface area contributed by atoms with Gasteiger partial charge in [0.15, 0.2) is 0 Å². The summed E-state index contributed by atoms with van der Waals surface area (Å²) in [4.78, 5) is 46.7. The monoisotopic (exact) mass is 590 g/mol. The molecule has 232 valence electrons. The van der Waals surface area contributed by atoms with Crippen molar-refractivity contribution in [2.75, 3.05) is 78.8 Å². The van der Waals surface area contributed by atoms with Crippen LogP contribution in [0.4, 0.5) is 14.4 Å². The molecule has 0 bridgehead atoms. The SMILES string of the molecule is CC1CN(C(=O)OC(C)(C)C)CC(C)N1C(=O)N1CCOCC1.CC1CNCC(C)N1C(=O)N1CCOCC1.Cl. The molecule has 13 heteroatoms. The summed E-state index contributed by atoms with van der Waals surface area (Å²) in [5.74, 6) is 0. The van der Waals surface area contributed by atoms with Crippen LogP contribution in [0.5, 0.6) is 0 Å². The van der Waals surface area contributed by atoms with E-state index in [-0.39, 0.29) is 54.7 Å². The highest BCUT2D eigenvalue weighted by Crippen LogP contribution is 2.21. The smallest absolute Gasteiger partial charge is 0.410 e. The first kappa shape index (κ1) is 34.2. The third kappa shape index (κ3) is 9.25. The maximum atomic E-state index is 12.7. The van der Waals surface area contributed by atoms with E-state index in [0.29, 0.717) is 52.6 Å². The van der Waals surface area contributed by atoms with Gasteiger partial charge in [-0.25, -0.2) is 14.4 Å². The predicted octanol–water partition coefficient (Wildman–Crippen LogP) is 2.31. The van der Waals surface area contributed by atoms with Crippen LogP contribution in [0.25, 0.3) is 0 Å². The molecule has 4 heterocycles. The zero-order valence-electron chi connectivity index (χ0n) is 25.4. The highest BCUT2D eigenvalue weighted by Gasteiger charge is 2.38. The Labute approximate surface area is 246 Å². The van der Waals surface area contributed by atoms with Crippen LogP contribution in [-0.2, 0) is 14.2 Å². The fourth-order valence-electron chi connectivity index (χ4n) is 5.52. The summed E-state index contributed by atoms with van der Waals surface area (Å²) in [5.41, 5.74) is -0.510. The number of morpholine rings is 2. The summed E-state index contributed by atoms with van der Waals surface area (Å²) < 4.78 is 16.0. The van der Waals surface area contributed by atoms with Gasteiger partial charge in [0.1, 0.15) is 5.60 Å². The van der Waals surface area contributed by atoms with Gasteiger partial charge in [-0.05, 0) is 48.5 Å². The van der Waals surface area contributed by atoms with Crippen molar-refractivity contribution in [2.45, 2.75) is 78.2 Å². The zero-order valence-corrected chi connectivity index (χ0v) is 26.2. The summed E-state index contributed by atoms with van der Waals surface area (Å²) in [6, 6.07) is 0.684. The van der Waals surface area contributed by atoms with Crippen molar-refractivity contribution >= 4 is 30.6 Å². The molecule has 40 heavy (non-hydrogen) atoms. The fourth-order valence-corrected chi connectivity index (χ4v) is 5.52. The van der Waals surface area contributed by atoms with E-state index in [4.69, 9.17) is 14.2 Å². The topological polar surface area (TPSA) is 107 Å². The van der Waals surface area contributed by atoms with Gasteiger partial charge in [-0.15, -0.1) is 12.4 Å². The molecule has 4 aliphatic rings. The molecular formula is C27H51ClN6O6. The molecule has 4 unspecified atom stereocenters. The second-order valence-electron chi connectivity index (χ2n) is 12.0. The summed E-state index contributed by atoms with van der Waals surface area (Å²) >= 11 is 0. The van der Waals surface area contributed by atoms with Crippen molar-refractivity contribution in [2.24, 2.45) is 0 Å². The predicted molar refractivity (Wildman–Crippen MR) is 155 cm³/mol. The van der Waals surface area contributed by atoms with Crippen molar-refractivity contribution in [1.82, 2.24) is 29.8 Å². The van der Waals surface area contributed by atoms with Gasteiger partial charge < -0.3 is 44.0 Å². The molecule has 1 N–H and O–H groups in total. The van der Waals surface area contributed by atoms with Crippen molar-refractivity contribution in [3.63, 3.8) is 0 Å². The van der Waals surface area contributed by atoms with Gasteiger partial charge in [-0.1, -0.05) is 0 Å². The van der Waals surface area contributed by atoms with Crippen molar-refractivity contribution < 1.29 is 28.6 Å². The number of halogens is 1. The largest absolute Gasteiger partial charge is 0.444 e. The number of ether oxygens (including phenoxy) is 3. The van der Waals surface area contributed by atoms with Crippen LogP contribution >= 0.6 is 12.4 Å². The second kappa shape index (κ2) is 15.3. The van der Waals surface area contributed by atoms with E-state index >= 15 is 0 Å². The first-order chi connectivity index (χ1) is 18.4. The number of carbonyl (C=O) groups is 3. The standard InChI is InChI=1S/C16H29N3O4.C11H21N3O2.ClH/c1-12-10-18(15(21)23-16(3,4)5)11-13(2)19(12)14(20)17-6-8-22-9-7-17;1-9-7-12-8-10(2)14(9)11(15)13-3-5-16-6-4-13;/h12-13H,6-11H2,1-5H3;9-10,12H,3-8H2,1-2H3;1H. The zero-order chi connectivity index (χ0) is 28.7. The second-order valence-corrected chi connectivity index (χ2v) is 12.0. The van der Waals surface area contributed by atoms with E-state index < -0.39 is 5.60 Å². The van der Waals surface area contributed by atoms with Gasteiger partial charge in [0, 0.05) is 76.5 Å². The van der Waals surface area contributed by atoms with Gasteiger partial charge in [0.05, 0.1) is 26.4 Å². The minimum absolute atomic E-state index is 0. The number of urea groups is 2. The Balaban J connectivity index is 0.000000290. The molecule has 0 saturated carbocycles. The lowest BCUT2D eigenvalue weighted by Crippen LogP contribution is -2.63. The number of rotatable bonds is 0. The first-order valence-corrected chi connectivity index (χ1v) is 14.4. The van der Waals surface area contributed by atoms with E-state index in [1.807, 2.05) is 54.2 Å². The molecule has 4 rings (SSSR count). The van der Waals surface area contributed by atoms with Crippen LogP contribution in [0, 0.1) is 0 Å². The molecule has 0 aromatic rings. The highest BCUT2D eigenvalue weighted by atomic mass is 35.5. The Kier molecular flexibility index (Phi) is 13.1. The van der Waals surface area contributed by atoms with E-state index in [2.05, 4.69) is 19.2 Å². The number of hydrogen-bond donors (Lipinski definition) is 1. The lowest BCUT2D eigenvalue weighted by molar-refractivity contribution is -0.00823. The summed E-state index contributed by atoms with van der Waals surface area (Å²) in [6.45, 7) is 21.7. The number of hydrogen-bond acceptors (Lipinski definition) is 7. The van der Waals surface area contributed by atoms with Crippen LogP contribution in [0.3, 0.4) is 0 Å². The number of piperazine rings is 2. The molecular weight excluding hydrogens is 540 g/mol. The van der Waals surface area contributed by atoms with Crippen molar-refractivity contribution in [3.8, 4) is 0 Å². The Morgan fingerprint density at radius 1 is 0.675 bits per heavy atom. The molecule has 4 aliphatic heterocycles. The minimum atomic E-state index is -0.510. The number of nitrogens with one attached hydrogen (secondary N) is 1. The summed E-state index contributed by atoms with van der Waals surface area (Å²) in [6.07, 6.45) is -0.310. The van der Waals surface area contributed by atoms with Gasteiger partial charge in [-0.2, -0.15) is 0 Å². The van der Waals surface area contributed by atoms with Gasteiger partial charge in [-0.3, -0.25) is 0 Å². The number of amides is 5. The fraction of sp³-hybridized carbons (Fsp3) is 0.889. The third-order valence-corrected chi connectivity index (χ3v) is 7.40.